The second kappa shape index (κ2) is 9.31. The molecule has 1 atom stereocenters. The van der Waals surface area contributed by atoms with Gasteiger partial charge in [0.25, 0.3) is 5.91 Å². The zero-order chi connectivity index (χ0) is 18.9. The summed E-state index contributed by atoms with van der Waals surface area (Å²) >= 11 is 0. The summed E-state index contributed by atoms with van der Waals surface area (Å²) in [7, 11) is 3.08. The molecule has 1 N–H and O–H groups in total. The molecule has 7 nitrogen and oxygen atoms in total. The molecule has 2 rings (SSSR count). The van der Waals surface area contributed by atoms with Crippen molar-refractivity contribution in [2.24, 2.45) is 0 Å². The van der Waals surface area contributed by atoms with Gasteiger partial charge < -0.3 is 23.9 Å². The third-order valence-corrected chi connectivity index (χ3v) is 3.50. The number of ether oxygens (including phenoxy) is 3. The molecule has 0 aliphatic carbocycles. The summed E-state index contributed by atoms with van der Waals surface area (Å²) in [6.07, 6.45) is 3.41. The molecule has 1 heterocycles. The molecule has 1 unspecified atom stereocenters. The van der Waals surface area contributed by atoms with E-state index in [0.717, 1.165) is 5.56 Å². The van der Waals surface area contributed by atoms with Crippen LogP contribution in [0.25, 0.3) is 6.08 Å². The van der Waals surface area contributed by atoms with Crippen molar-refractivity contribution in [3.05, 3.63) is 54.0 Å². The Morgan fingerprint density at radius 1 is 1.19 bits per heavy atom. The number of carbonyl (C=O) groups excluding carboxylic acids is 2. The van der Waals surface area contributed by atoms with Crippen LogP contribution >= 0.6 is 0 Å². The number of esters is 1. The Labute approximate surface area is 151 Å². The molecule has 0 fully saturated rings. The van der Waals surface area contributed by atoms with Crippen molar-refractivity contribution in [1.82, 2.24) is 5.32 Å². The van der Waals surface area contributed by atoms with E-state index in [9.17, 15) is 9.59 Å². The van der Waals surface area contributed by atoms with Gasteiger partial charge in [-0.05, 0) is 42.8 Å². The Kier molecular flexibility index (Phi) is 6.84. The summed E-state index contributed by atoms with van der Waals surface area (Å²) in [4.78, 5) is 23.8. The van der Waals surface area contributed by atoms with Crippen LogP contribution in [0, 0.1) is 0 Å². The van der Waals surface area contributed by atoms with Gasteiger partial charge >= 0.3 is 5.97 Å². The number of furan rings is 1. The van der Waals surface area contributed by atoms with Crippen LogP contribution in [0.1, 0.15) is 18.2 Å². The number of methoxy groups -OCH3 is 2. The molecule has 0 aliphatic rings. The van der Waals surface area contributed by atoms with Gasteiger partial charge in [0.15, 0.2) is 17.6 Å². The van der Waals surface area contributed by atoms with Gasteiger partial charge in [-0.2, -0.15) is 0 Å². The predicted octanol–water partition coefficient (Wildman–Crippen LogP) is 2.56. The molecule has 26 heavy (non-hydrogen) atoms. The average Bonchev–Trinajstić information content (AvgIpc) is 3.17. The summed E-state index contributed by atoms with van der Waals surface area (Å²) in [5, 5.41) is 2.63. The highest BCUT2D eigenvalue weighted by Gasteiger charge is 2.16. The number of amides is 1. The second-order valence-electron chi connectivity index (χ2n) is 5.32. The molecule has 0 spiro atoms. The van der Waals surface area contributed by atoms with Crippen LogP contribution in [0.15, 0.2) is 47.1 Å². The first-order valence-electron chi connectivity index (χ1n) is 7.94. The topological polar surface area (TPSA) is 87.0 Å². The zero-order valence-electron chi connectivity index (χ0n) is 14.9. The monoisotopic (exact) mass is 359 g/mol. The molecule has 138 valence electrons. The van der Waals surface area contributed by atoms with E-state index >= 15 is 0 Å². The fourth-order valence-corrected chi connectivity index (χ4v) is 2.12. The minimum Gasteiger partial charge on any atom is -0.493 e. The van der Waals surface area contributed by atoms with E-state index < -0.39 is 18.0 Å². The quantitative estimate of drug-likeness (QED) is 0.576. The van der Waals surface area contributed by atoms with Crippen LogP contribution in [0.5, 0.6) is 11.5 Å². The van der Waals surface area contributed by atoms with E-state index in [2.05, 4.69) is 5.32 Å². The Morgan fingerprint density at radius 2 is 1.96 bits per heavy atom. The molecule has 0 radical (unpaired) electrons. The lowest BCUT2D eigenvalue weighted by Crippen LogP contribution is -2.35. The summed E-state index contributed by atoms with van der Waals surface area (Å²) in [6.45, 7) is 1.73. The largest absolute Gasteiger partial charge is 0.493 e. The van der Waals surface area contributed by atoms with Gasteiger partial charge in [-0.15, -0.1) is 0 Å². The molecule has 0 aliphatic heterocycles. The van der Waals surface area contributed by atoms with Gasteiger partial charge in [-0.25, -0.2) is 4.79 Å². The Hall–Kier alpha value is -3.22. The van der Waals surface area contributed by atoms with E-state index in [1.165, 1.54) is 26.4 Å². The number of rotatable bonds is 8. The SMILES string of the molecule is COc1ccc(/C=C/C(=O)OC(C)C(=O)NCc2ccco2)cc1OC. The number of benzene rings is 1. The van der Waals surface area contributed by atoms with Crippen LogP contribution in [-0.4, -0.2) is 32.2 Å². The van der Waals surface area contributed by atoms with Crippen molar-refractivity contribution < 1.29 is 28.2 Å². The van der Waals surface area contributed by atoms with E-state index in [1.54, 1.807) is 43.5 Å². The number of nitrogens with one attached hydrogen (secondary N) is 1. The van der Waals surface area contributed by atoms with E-state index in [-0.39, 0.29) is 6.54 Å². The summed E-state index contributed by atoms with van der Waals surface area (Å²) in [5.41, 5.74) is 0.731. The maximum Gasteiger partial charge on any atom is 0.331 e. The van der Waals surface area contributed by atoms with Crippen LogP contribution in [0.3, 0.4) is 0 Å². The second-order valence-corrected chi connectivity index (χ2v) is 5.32. The molecule has 0 saturated carbocycles. The lowest BCUT2D eigenvalue weighted by molar-refractivity contribution is -0.150. The standard InChI is InChI=1S/C19H21NO6/c1-13(19(22)20-12-15-5-4-10-25-15)26-18(21)9-7-14-6-8-16(23-2)17(11-14)24-3/h4-11,13H,12H2,1-3H3,(H,20,22)/b9-7+. The molecule has 1 aromatic heterocycles. The smallest absolute Gasteiger partial charge is 0.331 e. The lowest BCUT2D eigenvalue weighted by Gasteiger charge is -2.11. The van der Waals surface area contributed by atoms with Crippen LogP contribution < -0.4 is 14.8 Å². The molecule has 1 aromatic carbocycles. The van der Waals surface area contributed by atoms with Crippen LogP contribution in [-0.2, 0) is 20.9 Å². The minimum absolute atomic E-state index is 0.231. The maximum absolute atomic E-state index is 11.9. The Bertz CT molecular complexity index is 766. The number of carbonyl (C=O) groups is 2. The molecule has 7 heteroatoms. The Morgan fingerprint density at radius 3 is 2.62 bits per heavy atom. The van der Waals surface area contributed by atoms with Crippen molar-refractivity contribution in [2.45, 2.75) is 19.6 Å². The van der Waals surface area contributed by atoms with E-state index in [0.29, 0.717) is 17.3 Å². The van der Waals surface area contributed by atoms with Crippen LogP contribution in [0.4, 0.5) is 0 Å². The highest BCUT2D eigenvalue weighted by Crippen LogP contribution is 2.27. The van der Waals surface area contributed by atoms with Gasteiger partial charge in [-0.1, -0.05) is 6.07 Å². The van der Waals surface area contributed by atoms with Crippen molar-refractivity contribution >= 4 is 18.0 Å². The number of hydrogen-bond acceptors (Lipinski definition) is 6. The fourth-order valence-electron chi connectivity index (χ4n) is 2.12. The highest BCUT2D eigenvalue weighted by molar-refractivity contribution is 5.90. The average molecular weight is 359 g/mol. The first-order chi connectivity index (χ1) is 12.5. The summed E-state index contributed by atoms with van der Waals surface area (Å²) < 4.78 is 20.6. The molecule has 0 saturated heterocycles. The predicted molar refractivity (Wildman–Crippen MR) is 94.7 cm³/mol. The van der Waals surface area contributed by atoms with E-state index in [1.807, 2.05) is 0 Å². The molecular weight excluding hydrogens is 338 g/mol. The first-order valence-corrected chi connectivity index (χ1v) is 7.94. The molecule has 0 bridgehead atoms. The molecule has 2 aromatic rings. The van der Waals surface area contributed by atoms with Crippen molar-refractivity contribution in [3.63, 3.8) is 0 Å². The molecular formula is C19H21NO6. The fraction of sp³-hybridized carbons (Fsp3) is 0.263. The van der Waals surface area contributed by atoms with Gasteiger partial charge in [0.2, 0.25) is 0 Å². The maximum atomic E-state index is 11.9. The first kappa shape index (κ1) is 19.1. The molecule has 1 amide bonds. The van der Waals surface area contributed by atoms with Gasteiger partial charge in [0.1, 0.15) is 5.76 Å². The van der Waals surface area contributed by atoms with Crippen molar-refractivity contribution in [2.75, 3.05) is 14.2 Å². The summed E-state index contributed by atoms with van der Waals surface area (Å²) in [6, 6.07) is 8.69. The van der Waals surface area contributed by atoms with Crippen molar-refractivity contribution in [1.29, 1.82) is 0 Å². The summed E-state index contributed by atoms with van der Waals surface area (Å²) in [5.74, 6) is 0.725. The third kappa shape index (κ3) is 5.41. The minimum atomic E-state index is -0.924. The number of hydrogen-bond donors (Lipinski definition) is 1. The Balaban J connectivity index is 1.86. The highest BCUT2D eigenvalue weighted by atomic mass is 16.5. The van der Waals surface area contributed by atoms with Crippen LogP contribution in [0.2, 0.25) is 0 Å². The normalized spacial score (nSPS) is 11.8. The van der Waals surface area contributed by atoms with E-state index in [4.69, 9.17) is 18.6 Å². The van der Waals surface area contributed by atoms with Crippen molar-refractivity contribution in [3.8, 4) is 11.5 Å². The van der Waals surface area contributed by atoms with Gasteiger partial charge in [0.05, 0.1) is 27.0 Å². The third-order valence-electron chi connectivity index (χ3n) is 3.50. The van der Waals surface area contributed by atoms with Gasteiger partial charge in [0, 0.05) is 6.08 Å². The van der Waals surface area contributed by atoms with Gasteiger partial charge in [-0.3, -0.25) is 4.79 Å². The lowest BCUT2D eigenvalue weighted by atomic mass is 10.2. The zero-order valence-corrected chi connectivity index (χ0v) is 14.9.